The van der Waals surface area contributed by atoms with Crippen molar-refractivity contribution >= 4 is 23.2 Å². The van der Waals surface area contributed by atoms with Crippen molar-refractivity contribution in [3.8, 4) is 11.5 Å². The number of anilines is 1. The Morgan fingerprint density at radius 1 is 1.17 bits per heavy atom. The maximum absolute atomic E-state index is 11.8. The summed E-state index contributed by atoms with van der Waals surface area (Å²) in [7, 11) is 0. The van der Waals surface area contributed by atoms with Crippen molar-refractivity contribution in [2.24, 2.45) is 0 Å². The molecule has 0 bridgehead atoms. The number of aromatic nitrogens is 1. The molecular formula is C12H9ClN2O3. The molecule has 18 heavy (non-hydrogen) atoms. The van der Waals surface area contributed by atoms with Gasteiger partial charge in [0.2, 0.25) is 0 Å². The van der Waals surface area contributed by atoms with Crippen LogP contribution in [0.15, 0.2) is 36.5 Å². The molecule has 1 heterocycles. The van der Waals surface area contributed by atoms with Crippen LogP contribution in [0.2, 0.25) is 5.15 Å². The molecule has 0 saturated carbocycles. The fourth-order valence-electron chi connectivity index (χ4n) is 1.32. The molecule has 6 heteroatoms. The number of halogens is 1. The number of nitrogens with one attached hydrogen (secondary N) is 1. The molecule has 0 aliphatic heterocycles. The van der Waals surface area contributed by atoms with Gasteiger partial charge in [-0.1, -0.05) is 11.6 Å². The number of hydrogen-bond acceptors (Lipinski definition) is 4. The number of benzene rings is 1. The van der Waals surface area contributed by atoms with Crippen molar-refractivity contribution in [1.82, 2.24) is 4.98 Å². The lowest BCUT2D eigenvalue weighted by Gasteiger charge is -2.05. The van der Waals surface area contributed by atoms with E-state index in [0.29, 0.717) is 10.8 Å². The highest BCUT2D eigenvalue weighted by Crippen LogP contribution is 2.25. The maximum atomic E-state index is 11.8. The fourth-order valence-corrected chi connectivity index (χ4v) is 1.43. The van der Waals surface area contributed by atoms with E-state index in [1.807, 2.05) is 0 Å². The van der Waals surface area contributed by atoms with E-state index < -0.39 is 5.91 Å². The molecule has 0 fully saturated rings. The Kier molecular flexibility index (Phi) is 3.34. The van der Waals surface area contributed by atoms with Gasteiger partial charge in [0.25, 0.3) is 5.91 Å². The zero-order valence-electron chi connectivity index (χ0n) is 9.09. The molecule has 2 aromatic rings. The lowest BCUT2D eigenvalue weighted by atomic mass is 10.2. The number of carbonyl (C=O) groups is 1. The van der Waals surface area contributed by atoms with E-state index in [1.165, 1.54) is 24.4 Å². The molecule has 2 rings (SSSR count). The van der Waals surface area contributed by atoms with Gasteiger partial charge in [-0.25, -0.2) is 4.98 Å². The zero-order valence-corrected chi connectivity index (χ0v) is 9.85. The summed E-state index contributed by atoms with van der Waals surface area (Å²) in [5.41, 5.74) is 0.706. The van der Waals surface area contributed by atoms with E-state index in [9.17, 15) is 9.90 Å². The largest absolute Gasteiger partial charge is 0.504 e. The van der Waals surface area contributed by atoms with Gasteiger partial charge in [0, 0.05) is 5.56 Å². The summed E-state index contributed by atoms with van der Waals surface area (Å²) >= 11 is 5.62. The fraction of sp³-hybridized carbons (Fsp3) is 0. The van der Waals surface area contributed by atoms with Crippen LogP contribution in [0.25, 0.3) is 0 Å². The molecular weight excluding hydrogens is 256 g/mol. The van der Waals surface area contributed by atoms with Crippen molar-refractivity contribution in [3.05, 3.63) is 47.2 Å². The van der Waals surface area contributed by atoms with Gasteiger partial charge in [-0.15, -0.1) is 0 Å². The third-order valence-corrected chi connectivity index (χ3v) is 2.45. The number of rotatable bonds is 2. The van der Waals surface area contributed by atoms with Crippen LogP contribution in [-0.4, -0.2) is 21.1 Å². The molecule has 0 aliphatic rings. The number of carbonyl (C=O) groups excluding carboxylic acids is 1. The number of hydrogen-bond donors (Lipinski definition) is 3. The Labute approximate surface area is 108 Å². The normalized spacial score (nSPS) is 10.1. The number of aromatic hydroxyl groups is 2. The summed E-state index contributed by atoms with van der Waals surface area (Å²) in [4.78, 5) is 15.6. The Morgan fingerprint density at radius 3 is 2.56 bits per heavy atom. The minimum atomic E-state index is -0.422. The van der Waals surface area contributed by atoms with Gasteiger partial charge in [0.1, 0.15) is 5.15 Å². The predicted molar refractivity (Wildman–Crippen MR) is 67.0 cm³/mol. The average Bonchev–Trinajstić information content (AvgIpc) is 2.35. The van der Waals surface area contributed by atoms with Gasteiger partial charge in [0.15, 0.2) is 11.5 Å². The third-order valence-electron chi connectivity index (χ3n) is 2.22. The summed E-state index contributed by atoms with van der Waals surface area (Å²) < 4.78 is 0. The first-order chi connectivity index (χ1) is 8.56. The first-order valence-corrected chi connectivity index (χ1v) is 5.39. The second kappa shape index (κ2) is 4.93. The SMILES string of the molecule is O=C(Nc1ccc(Cl)nc1)c1ccc(O)c(O)c1. The number of pyridine rings is 1. The summed E-state index contributed by atoms with van der Waals surface area (Å²) in [6, 6.07) is 6.96. The molecule has 0 radical (unpaired) electrons. The van der Waals surface area contributed by atoms with Crippen molar-refractivity contribution in [1.29, 1.82) is 0 Å². The molecule has 0 aliphatic carbocycles. The van der Waals surface area contributed by atoms with Gasteiger partial charge in [-0.2, -0.15) is 0 Å². The standard InChI is InChI=1S/C12H9ClN2O3/c13-11-4-2-8(6-14-11)15-12(18)7-1-3-9(16)10(17)5-7/h1-6,16-17H,(H,15,18). The summed E-state index contributed by atoms with van der Waals surface area (Å²) in [5, 5.41) is 21.3. The van der Waals surface area contributed by atoms with Crippen molar-refractivity contribution in [2.75, 3.05) is 5.32 Å². The topological polar surface area (TPSA) is 82.5 Å². The van der Waals surface area contributed by atoms with Crippen molar-refractivity contribution in [3.63, 3.8) is 0 Å². The first-order valence-electron chi connectivity index (χ1n) is 5.01. The minimum absolute atomic E-state index is 0.222. The number of amides is 1. The van der Waals surface area contributed by atoms with Gasteiger partial charge in [0.05, 0.1) is 11.9 Å². The maximum Gasteiger partial charge on any atom is 0.255 e. The number of nitrogens with zero attached hydrogens (tertiary/aromatic N) is 1. The second-order valence-electron chi connectivity index (χ2n) is 3.53. The highest BCUT2D eigenvalue weighted by atomic mass is 35.5. The van der Waals surface area contributed by atoms with Crippen LogP contribution >= 0.6 is 11.6 Å². The van der Waals surface area contributed by atoms with Crippen LogP contribution in [0, 0.1) is 0 Å². The molecule has 0 spiro atoms. The van der Waals surface area contributed by atoms with Crippen LogP contribution in [-0.2, 0) is 0 Å². The average molecular weight is 265 g/mol. The summed E-state index contributed by atoms with van der Waals surface area (Å²) in [5.74, 6) is -1.05. The molecule has 0 saturated heterocycles. The Balaban J connectivity index is 2.16. The molecule has 3 N–H and O–H groups in total. The van der Waals surface area contributed by atoms with Crippen LogP contribution in [0.1, 0.15) is 10.4 Å². The Hall–Kier alpha value is -2.27. The van der Waals surface area contributed by atoms with E-state index in [4.69, 9.17) is 16.7 Å². The first kappa shape index (κ1) is 12.2. The van der Waals surface area contributed by atoms with E-state index in [2.05, 4.69) is 10.3 Å². The van der Waals surface area contributed by atoms with Crippen LogP contribution < -0.4 is 5.32 Å². The lowest BCUT2D eigenvalue weighted by molar-refractivity contribution is 0.102. The van der Waals surface area contributed by atoms with Crippen LogP contribution in [0.5, 0.6) is 11.5 Å². The molecule has 1 amide bonds. The summed E-state index contributed by atoms with van der Waals surface area (Å²) in [6.07, 6.45) is 1.42. The molecule has 1 aromatic heterocycles. The van der Waals surface area contributed by atoms with Crippen molar-refractivity contribution in [2.45, 2.75) is 0 Å². The van der Waals surface area contributed by atoms with Crippen LogP contribution in [0.4, 0.5) is 5.69 Å². The monoisotopic (exact) mass is 264 g/mol. The minimum Gasteiger partial charge on any atom is -0.504 e. The Morgan fingerprint density at radius 2 is 1.94 bits per heavy atom. The number of phenols is 2. The van der Waals surface area contributed by atoms with E-state index in [-0.39, 0.29) is 17.1 Å². The van der Waals surface area contributed by atoms with Gasteiger partial charge >= 0.3 is 0 Å². The highest BCUT2D eigenvalue weighted by Gasteiger charge is 2.09. The van der Waals surface area contributed by atoms with E-state index in [1.54, 1.807) is 12.1 Å². The molecule has 0 atom stereocenters. The Bertz CT molecular complexity index is 584. The smallest absolute Gasteiger partial charge is 0.255 e. The van der Waals surface area contributed by atoms with Crippen LogP contribution in [0.3, 0.4) is 0 Å². The van der Waals surface area contributed by atoms with E-state index >= 15 is 0 Å². The zero-order chi connectivity index (χ0) is 13.1. The highest BCUT2D eigenvalue weighted by molar-refractivity contribution is 6.29. The molecule has 1 aromatic carbocycles. The third kappa shape index (κ3) is 2.70. The lowest BCUT2D eigenvalue weighted by Crippen LogP contribution is -2.11. The predicted octanol–water partition coefficient (Wildman–Crippen LogP) is 2.40. The quantitative estimate of drug-likeness (QED) is 0.575. The van der Waals surface area contributed by atoms with Gasteiger partial charge < -0.3 is 15.5 Å². The van der Waals surface area contributed by atoms with Gasteiger partial charge in [-0.05, 0) is 30.3 Å². The molecule has 0 unspecified atom stereocenters. The van der Waals surface area contributed by atoms with E-state index in [0.717, 1.165) is 0 Å². The van der Waals surface area contributed by atoms with Gasteiger partial charge in [-0.3, -0.25) is 4.79 Å². The molecule has 5 nitrogen and oxygen atoms in total. The summed E-state index contributed by atoms with van der Waals surface area (Å²) in [6.45, 7) is 0. The second-order valence-corrected chi connectivity index (χ2v) is 3.91. The number of phenolic OH excluding ortho intramolecular Hbond substituents is 2. The van der Waals surface area contributed by atoms with Crippen molar-refractivity contribution < 1.29 is 15.0 Å². The molecule has 92 valence electrons.